The fourth-order valence-electron chi connectivity index (χ4n) is 2.16. The van der Waals surface area contributed by atoms with Gasteiger partial charge in [-0.25, -0.2) is 0 Å². The van der Waals surface area contributed by atoms with Crippen LogP contribution in [0.25, 0.3) is 0 Å². The predicted octanol–water partition coefficient (Wildman–Crippen LogP) is 1.11. The second kappa shape index (κ2) is 4.06. The third-order valence-corrected chi connectivity index (χ3v) is 3.00. The largest absolute Gasteiger partial charge is 0.386 e. The summed E-state index contributed by atoms with van der Waals surface area (Å²) in [6.07, 6.45) is 0. The maximum absolute atomic E-state index is 12.1. The highest BCUT2D eigenvalue weighted by atomic mass is 16.6. The minimum Gasteiger partial charge on any atom is -0.386 e. The van der Waals surface area contributed by atoms with Crippen molar-refractivity contribution in [3.63, 3.8) is 0 Å². The number of para-hydroxylation sites is 1. The molecule has 1 amide bonds. The number of carbonyl (C=O) groups excluding carboxylic acids is 1. The molecule has 0 aliphatic carbocycles. The summed E-state index contributed by atoms with van der Waals surface area (Å²) >= 11 is 0. The van der Waals surface area contributed by atoms with E-state index in [0.29, 0.717) is 5.56 Å². The Morgan fingerprint density at radius 3 is 2.61 bits per heavy atom. The number of nitro groups is 1. The van der Waals surface area contributed by atoms with E-state index in [1.807, 2.05) is 0 Å². The van der Waals surface area contributed by atoms with Crippen LogP contribution >= 0.6 is 0 Å². The Balaban J connectivity index is 2.32. The summed E-state index contributed by atoms with van der Waals surface area (Å²) in [7, 11) is 0. The second-order valence-corrected chi connectivity index (χ2v) is 4.89. The van der Waals surface area contributed by atoms with Gasteiger partial charge in [0.25, 0.3) is 11.6 Å². The van der Waals surface area contributed by atoms with E-state index in [1.165, 1.54) is 11.0 Å². The van der Waals surface area contributed by atoms with Crippen molar-refractivity contribution >= 4 is 11.6 Å². The van der Waals surface area contributed by atoms with Crippen molar-refractivity contribution in [2.45, 2.75) is 19.4 Å². The van der Waals surface area contributed by atoms with Gasteiger partial charge in [0, 0.05) is 5.56 Å². The fourth-order valence-corrected chi connectivity index (χ4v) is 2.16. The molecule has 1 heterocycles. The van der Waals surface area contributed by atoms with Crippen LogP contribution in [0.4, 0.5) is 5.69 Å². The Morgan fingerprint density at radius 2 is 2.11 bits per heavy atom. The number of rotatable bonds is 2. The Labute approximate surface area is 104 Å². The summed E-state index contributed by atoms with van der Waals surface area (Å²) in [6, 6.07) is 4.66. The van der Waals surface area contributed by atoms with Gasteiger partial charge in [0.1, 0.15) is 5.56 Å². The number of amides is 1. The van der Waals surface area contributed by atoms with Crippen LogP contribution in [0.1, 0.15) is 22.8 Å². The lowest BCUT2D eigenvalue weighted by atomic mass is 9.95. The molecule has 0 radical (unpaired) electrons. The molecule has 1 aromatic rings. The summed E-state index contributed by atoms with van der Waals surface area (Å²) in [5.41, 5.74) is -0.503. The average molecular weight is 250 g/mol. The highest BCUT2D eigenvalue weighted by Crippen LogP contribution is 2.28. The van der Waals surface area contributed by atoms with Gasteiger partial charge in [0.15, 0.2) is 0 Å². The Hall–Kier alpha value is -1.95. The van der Waals surface area contributed by atoms with Crippen molar-refractivity contribution in [3.05, 3.63) is 39.4 Å². The van der Waals surface area contributed by atoms with Crippen LogP contribution in [0.2, 0.25) is 0 Å². The lowest BCUT2D eigenvalue weighted by Crippen LogP contribution is -2.61. The SMILES string of the molecule is Cc1cccc(C(=O)N2CC(C)(O)C2)c1[N+](=O)[O-]. The number of aryl methyl sites for hydroxylation is 1. The van der Waals surface area contributed by atoms with E-state index < -0.39 is 16.4 Å². The van der Waals surface area contributed by atoms with E-state index in [-0.39, 0.29) is 24.3 Å². The first-order valence-corrected chi connectivity index (χ1v) is 5.57. The molecule has 18 heavy (non-hydrogen) atoms. The maximum atomic E-state index is 12.1. The number of aliphatic hydroxyl groups is 1. The fraction of sp³-hybridized carbons (Fsp3) is 0.417. The van der Waals surface area contributed by atoms with E-state index in [9.17, 15) is 20.0 Å². The van der Waals surface area contributed by atoms with Crippen molar-refractivity contribution in [1.29, 1.82) is 0 Å². The normalized spacial score (nSPS) is 17.2. The zero-order valence-electron chi connectivity index (χ0n) is 10.2. The van der Waals surface area contributed by atoms with Crippen LogP contribution in [-0.2, 0) is 0 Å². The number of hydrogen-bond donors (Lipinski definition) is 1. The van der Waals surface area contributed by atoms with Gasteiger partial charge in [-0.2, -0.15) is 0 Å². The molecule has 0 atom stereocenters. The van der Waals surface area contributed by atoms with Gasteiger partial charge in [-0.15, -0.1) is 0 Å². The molecule has 6 heteroatoms. The van der Waals surface area contributed by atoms with Crippen LogP contribution < -0.4 is 0 Å². The zero-order chi connectivity index (χ0) is 13.5. The molecule has 0 unspecified atom stereocenters. The van der Waals surface area contributed by atoms with Crippen LogP contribution in [0.3, 0.4) is 0 Å². The molecule has 1 aromatic carbocycles. The minimum atomic E-state index is -0.881. The van der Waals surface area contributed by atoms with Crippen LogP contribution in [0, 0.1) is 17.0 Å². The van der Waals surface area contributed by atoms with E-state index >= 15 is 0 Å². The number of carbonyl (C=O) groups is 1. The number of nitro benzene ring substituents is 1. The van der Waals surface area contributed by atoms with Gasteiger partial charge in [-0.05, 0) is 19.9 Å². The standard InChI is InChI=1S/C12H14N2O4/c1-8-4-3-5-9(10(8)14(17)18)11(15)13-6-12(2,16)7-13/h3-5,16H,6-7H2,1-2H3. The summed E-state index contributed by atoms with van der Waals surface area (Å²) in [4.78, 5) is 24.0. The molecular formula is C12H14N2O4. The maximum Gasteiger partial charge on any atom is 0.285 e. The number of likely N-dealkylation sites (tertiary alicyclic amines) is 1. The van der Waals surface area contributed by atoms with Crippen molar-refractivity contribution < 1.29 is 14.8 Å². The van der Waals surface area contributed by atoms with Gasteiger partial charge in [-0.1, -0.05) is 12.1 Å². The van der Waals surface area contributed by atoms with Crippen LogP contribution in [-0.4, -0.2) is 39.5 Å². The molecule has 1 N–H and O–H groups in total. The second-order valence-electron chi connectivity index (χ2n) is 4.89. The Kier molecular flexibility index (Phi) is 2.82. The molecule has 1 fully saturated rings. The molecule has 1 aliphatic rings. The quantitative estimate of drug-likeness (QED) is 0.629. The number of nitrogens with zero attached hydrogens (tertiary/aromatic N) is 2. The minimum absolute atomic E-state index is 0.0792. The summed E-state index contributed by atoms with van der Waals surface area (Å²) in [6.45, 7) is 3.64. The third kappa shape index (κ3) is 2.06. The lowest BCUT2D eigenvalue weighted by Gasteiger charge is -2.44. The van der Waals surface area contributed by atoms with Gasteiger partial charge in [0.05, 0.1) is 23.6 Å². The van der Waals surface area contributed by atoms with E-state index in [4.69, 9.17) is 0 Å². The van der Waals surface area contributed by atoms with Gasteiger partial charge in [-0.3, -0.25) is 14.9 Å². The number of β-amino-alcohol motifs (C(OH)–C–C–N with tert-alkyl or cyclic N) is 1. The molecule has 1 aliphatic heterocycles. The lowest BCUT2D eigenvalue weighted by molar-refractivity contribution is -0.385. The summed E-state index contributed by atoms with van der Waals surface area (Å²) < 4.78 is 0. The summed E-state index contributed by atoms with van der Waals surface area (Å²) in [5, 5.41) is 20.6. The highest BCUT2D eigenvalue weighted by Gasteiger charge is 2.41. The molecule has 1 saturated heterocycles. The summed E-state index contributed by atoms with van der Waals surface area (Å²) in [5.74, 6) is -0.406. The molecule has 2 rings (SSSR count). The van der Waals surface area contributed by atoms with Gasteiger partial charge < -0.3 is 10.0 Å². The third-order valence-electron chi connectivity index (χ3n) is 3.00. The van der Waals surface area contributed by atoms with E-state index in [0.717, 1.165) is 0 Å². The van der Waals surface area contributed by atoms with Crippen molar-refractivity contribution in [1.82, 2.24) is 4.90 Å². The molecule has 6 nitrogen and oxygen atoms in total. The first-order chi connectivity index (χ1) is 8.32. The van der Waals surface area contributed by atoms with Crippen molar-refractivity contribution in [2.24, 2.45) is 0 Å². The molecule has 0 bridgehead atoms. The van der Waals surface area contributed by atoms with E-state index in [2.05, 4.69) is 0 Å². The average Bonchev–Trinajstić information content (AvgIpc) is 2.23. The van der Waals surface area contributed by atoms with Gasteiger partial charge >= 0.3 is 0 Å². The Morgan fingerprint density at radius 1 is 1.50 bits per heavy atom. The van der Waals surface area contributed by atoms with Crippen molar-refractivity contribution in [3.8, 4) is 0 Å². The van der Waals surface area contributed by atoms with Gasteiger partial charge in [0.2, 0.25) is 0 Å². The zero-order valence-corrected chi connectivity index (χ0v) is 10.2. The molecule has 0 saturated carbocycles. The first-order valence-electron chi connectivity index (χ1n) is 5.57. The molecule has 0 aromatic heterocycles. The number of benzene rings is 1. The van der Waals surface area contributed by atoms with Crippen LogP contribution in [0.5, 0.6) is 0 Å². The number of hydrogen-bond acceptors (Lipinski definition) is 4. The molecule has 0 spiro atoms. The van der Waals surface area contributed by atoms with Crippen LogP contribution in [0.15, 0.2) is 18.2 Å². The molecule has 96 valence electrons. The predicted molar refractivity (Wildman–Crippen MR) is 64.4 cm³/mol. The van der Waals surface area contributed by atoms with E-state index in [1.54, 1.807) is 26.0 Å². The Bertz CT molecular complexity index is 517. The topological polar surface area (TPSA) is 83.7 Å². The first kappa shape index (κ1) is 12.5. The van der Waals surface area contributed by atoms with Crippen molar-refractivity contribution in [2.75, 3.05) is 13.1 Å². The molecular weight excluding hydrogens is 236 g/mol. The monoisotopic (exact) mass is 250 g/mol. The smallest absolute Gasteiger partial charge is 0.285 e. The highest BCUT2D eigenvalue weighted by molar-refractivity contribution is 5.99.